The molecular formula is C19H12BrN3O. The molecule has 24 heavy (non-hydrogen) atoms. The van der Waals surface area contributed by atoms with Gasteiger partial charge in [0.2, 0.25) is 0 Å². The third kappa shape index (κ3) is 2.53. The van der Waals surface area contributed by atoms with E-state index >= 15 is 0 Å². The highest BCUT2D eigenvalue weighted by Gasteiger charge is 2.14. The Bertz CT molecular complexity index is 1070. The molecule has 0 spiro atoms. The Hall–Kier alpha value is -2.79. The van der Waals surface area contributed by atoms with Crippen molar-refractivity contribution in [2.45, 2.75) is 0 Å². The molecule has 4 rings (SSSR count). The number of hydrogen-bond acceptors (Lipinski definition) is 3. The molecule has 0 radical (unpaired) electrons. The molecule has 2 aromatic carbocycles. The Morgan fingerprint density at radius 2 is 1.71 bits per heavy atom. The molecule has 0 unspecified atom stereocenters. The normalized spacial score (nSPS) is 10.9. The fourth-order valence-electron chi connectivity index (χ4n) is 2.65. The van der Waals surface area contributed by atoms with E-state index < -0.39 is 0 Å². The molecule has 0 saturated carbocycles. The molecule has 2 aromatic heterocycles. The maximum atomic E-state index is 13.1. The molecule has 116 valence electrons. The second-order valence-corrected chi connectivity index (χ2v) is 6.23. The van der Waals surface area contributed by atoms with Crippen molar-refractivity contribution in [3.63, 3.8) is 0 Å². The average molecular weight is 378 g/mol. The SMILES string of the molecule is O=c1c2ccccc2nc(-c2cccnc2)n1-c1ccc(Br)cc1. The minimum atomic E-state index is -0.0956. The zero-order valence-electron chi connectivity index (χ0n) is 12.6. The third-order valence-electron chi connectivity index (χ3n) is 3.78. The molecule has 0 fully saturated rings. The number of aromatic nitrogens is 3. The van der Waals surface area contributed by atoms with Crippen LogP contribution in [0.1, 0.15) is 0 Å². The Morgan fingerprint density at radius 3 is 2.46 bits per heavy atom. The smallest absolute Gasteiger partial charge is 0.266 e. The first kappa shape index (κ1) is 14.8. The van der Waals surface area contributed by atoms with E-state index in [-0.39, 0.29) is 5.56 Å². The van der Waals surface area contributed by atoms with E-state index in [2.05, 4.69) is 20.9 Å². The second kappa shape index (κ2) is 6.02. The lowest BCUT2D eigenvalue weighted by atomic mass is 10.2. The number of benzene rings is 2. The van der Waals surface area contributed by atoms with Crippen LogP contribution in [0.2, 0.25) is 0 Å². The van der Waals surface area contributed by atoms with Gasteiger partial charge in [-0.2, -0.15) is 0 Å². The fourth-order valence-corrected chi connectivity index (χ4v) is 2.92. The molecule has 0 atom stereocenters. The molecule has 0 N–H and O–H groups in total. The Morgan fingerprint density at radius 1 is 0.917 bits per heavy atom. The summed E-state index contributed by atoms with van der Waals surface area (Å²) in [5, 5.41) is 0.591. The van der Waals surface area contributed by atoms with E-state index in [0.29, 0.717) is 16.7 Å². The number of nitrogens with zero attached hydrogens (tertiary/aromatic N) is 3. The first-order chi connectivity index (χ1) is 11.7. The highest BCUT2D eigenvalue weighted by molar-refractivity contribution is 9.10. The van der Waals surface area contributed by atoms with E-state index in [1.807, 2.05) is 54.6 Å². The highest BCUT2D eigenvalue weighted by Crippen LogP contribution is 2.22. The van der Waals surface area contributed by atoms with Crippen LogP contribution in [-0.2, 0) is 0 Å². The molecule has 0 amide bonds. The van der Waals surface area contributed by atoms with Crippen molar-refractivity contribution >= 4 is 26.8 Å². The van der Waals surface area contributed by atoms with Gasteiger partial charge in [0.15, 0.2) is 0 Å². The van der Waals surface area contributed by atoms with Gasteiger partial charge in [0.25, 0.3) is 5.56 Å². The fraction of sp³-hybridized carbons (Fsp3) is 0. The summed E-state index contributed by atoms with van der Waals surface area (Å²) in [6.07, 6.45) is 3.42. The van der Waals surface area contributed by atoms with Gasteiger partial charge in [-0.15, -0.1) is 0 Å². The second-order valence-electron chi connectivity index (χ2n) is 5.31. The highest BCUT2D eigenvalue weighted by atomic mass is 79.9. The zero-order chi connectivity index (χ0) is 16.5. The van der Waals surface area contributed by atoms with Gasteiger partial charge in [-0.3, -0.25) is 14.3 Å². The van der Waals surface area contributed by atoms with Crippen molar-refractivity contribution in [1.82, 2.24) is 14.5 Å². The zero-order valence-corrected chi connectivity index (χ0v) is 14.1. The molecule has 0 aliphatic heterocycles. The van der Waals surface area contributed by atoms with Crippen LogP contribution in [0.3, 0.4) is 0 Å². The number of fused-ring (bicyclic) bond motifs is 1. The van der Waals surface area contributed by atoms with E-state index in [1.165, 1.54) is 0 Å². The first-order valence-electron chi connectivity index (χ1n) is 7.42. The van der Waals surface area contributed by atoms with Crippen LogP contribution in [-0.4, -0.2) is 14.5 Å². The number of pyridine rings is 1. The molecule has 4 nitrogen and oxygen atoms in total. The molecule has 0 bridgehead atoms. The van der Waals surface area contributed by atoms with E-state index in [9.17, 15) is 4.79 Å². The summed E-state index contributed by atoms with van der Waals surface area (Å²) in [6.45, 7) is 0. The lowest BCUT2D eigenvalue weighted by molar-refractivity contribution is 0.973. The largest absolute Gasteiger partial charge is 0.268 e. The molecule has 5 heteroatoms. The van der Waals surface area contributed by atoms with Crippen LogP contribution in [0.15, 0.2) is 82.3 Å². The van der Waals surface area contributed by atoms with Gasteiger partial charge in [0.05, 0.1) is 16.6 Å². The summed E-state index contributed by atoms with van der Waals surface area (Å²) in [5.41, 5.74) is 2.14. The lowest BCUT2D eigenvalue weighted by Crippen LogP contribution is -2.21. The lowest BCUT2D eigenvalue weighted by Gasteiger charge is -2.13. The predicted molar refractivity (Wildman–Crippen MR) is 98.3 cm³/mol. The average Bonchev–Trinajstić information content (AvgIpc) is 2.63. The van der Waals surface area contributed by atoms with Crippen LogP contribution in [0.25, 0.3) is 28.0 Å². The summed E-state index contributed by atoms with van der Waals surface area (Å²) in [4.78, 5) is 22.0. The number of hydrogen-bond donors (Lipinski definition) is 0. The van der Waals surface area contributed by atoms with Crippen molar-refractivity contribution in [2.75, 3.05) is 0 Å². The number of halogens is 1. The van der Waals surface area contributed by atoms with Crippen LogP contribution in [0.4, 0.5) is 0 Å². The van der Waals surface area contributed by atoms with E-state index in [4.69, 9.17) is 4.98 Å². The van der Waals surface area contributed by atoms with Crippen molar-refractivity contribution < 1.29 is 0 Å². The van der Waals surface area contributed by atoms with Crippen molar-refractivity contribution in [3.8, 4) is 17.1 Å². The van der Waals surface area contributed by atoms with Gasteiger partial charge in [-0.1, -0.05) is 28.1 Å². The number of para-hydroxylation sites is 1. The summed E-state index contributed by atoms with van der Waals surface area (Å²) < 4.78 is 2.59. The molecular weight excluding hydrogens is 366 g/mol. The maximum absolute atomic E-state index is 13.1. The van der Waals surface area contributed by atoms with Crippen LogP contribution in [0.5, 0.6) is 0 Å². The molecule has 2 heterocycles. The Labute approximate surface area is 146 Å². The van der Waals surface area contributed by atoms with Gasteiger partial charge >= 0.3 is 0 Å². The van der Waals surface area contributed by atoms with Crippen LogP contribution < -0.4 is 5.56 Å². The molecule has 0 aliphatic rings. The monoisotopic (exact) mass is 377 g/mol. The van der Waals surface area contributed by atoms with E-state index in [0.717, 1.165) is 15.7 Å². The Kier molecular flexibility index (Phi) is 3.70. The summed E-state index contributed by atoms with van der Waals surface area (Å²) in [7, 11) is 0. The predicted octanol–water partition coefficient (Wildman–Crippen LogP) is 4.21. The molecule has 0 saturated heterocycles. The summed E-state index contributed by atoms with van der Waals surface area (Å²) in [6, 6.07) is 18.7. The van der Waals surface area contributed by atoms with Gasteiger partial charge in [0.1, 0.15) is 5.82 Å². The minimum Gasteiger partial charge on any atom is -0.268 e. The molecule has 0 aliphatic carbocycles. The van der Waals surface area contributed by atoms with Crippen LogP contribution >= 0.6 is 15.9 Å². The van der Waals surface area contributed by atoms with Gasteiger partial charge < -0.3 is 0 Å². The standard InChI is InChI=1S/C19H12BrN3O/c20-14-7-9-15(10-8-14)23-18(13-4-3-11-21-12-13)22-17-6-2-1-5-16(17)19(23)24/h1-12H. The summed E-state index contributed by atoms with van der Waals surface area (Å²) in [5.74, 6) is 0.578. The topological polar surface area (TPSA) is 47.8 Å². The van der Waals surface area contributed by atoms with Gasteiger partial charge in [-0.25, -0.2) is 4.98 Å². The van der Waals surface area contributed by atoms with Crippen molar-refractivity contribution in [1.29, 1.82) is 0 Å². The minimum absolute atomic E-state index is 0.0956. The van der Waals surface area contributed by atoms with E-state index in [1.54, 1.807) is 23.0 Å². The van der Waals surface area contributed by atoms with Gasteiger partial charge in [0, 0.05) is 22.4 Å². The number of rotatable bonds is 2. The van der Waals surface area contributed by atoms with Crippen molar-refractivity contribution in [2.24, 2.45) is 0 Å². The third-order valence-corrected chi connectivity index (χ3v) is 4.31. The van der Waals surface area contributed by atoms with Crippen LogP contribution in [0, 0.1) is 0 Å². The summed E-state index contributed by atoms with van der Waals surface area (Å²) >= 11 is 3.43. The quantitative estimate of drug-likeness (QED) is 0.525. The van der Waals surface area contributed by atoms with Gasteiger partial charge in [-0.05, 0) is 48.5 Å². The maximum Gasteiger partial charge on any atom is 0.266 e. The molecule has 4 aromatic rings. The van der Waals surface area contributed by atoms with Crippen molar-refractivity contribution in [3.05, 3.63) is 87.9 Å². The first-order valence-corrected chi connectivity index (χ1v) is 8.21. The Balaban J connectivity index is 2.11.